The number of alkyl halides is 2. The highest BCUT2D eigenvalue weighted by atomic mass is 35.5. The first-order valence-electron chi connectivity index (χ1n) is 11.7. The second-order valence-corrected chi connectivity index (χ2v) is 9.62. The molecule has 0 radical (unpaired) electrons. The molecule has 3 N–H and O–H groups in total. The highest BCUT2D eigenvalue weighted by Crippen LogP contribution is 2.27. The van der Waals surface area contributed by atoms with Gasteiger partial charge in [0.2, 0.25) is 5.91 Å². The lowest BCUT2D eigenvalue weighted by atomic mass is 9.93. The van der Waals surface area contributed by atoms with E-state index in [1.54, 1.807) is 29.0 Å². The Balaban J connectivity index is 1.51. The maximum atomic E-state index is 13.5. The maximum Gasteiger partial charge on any atom is 0.225 e. The molecule has 0 aliphatic rings. The highest BCUT2D eigenvalue weighted by Gasteiger charge is 2.23. The summed E-state index contributed by atoms with van der Waals surface area (Å²) < 4.78 is 15.1. The minimum atomic E-state index is -0.579. The van der Waals surface area contributed by atoms with Crippen molar-refractivity contribution in [2.45, 2.75) is 18.8 Å². The van der Waals surface area contributed by atoms with Crippen LogP contribution < -0.4 is 16.0 Å². The molecular formula is C26H26Cl3FN6O. The third-order valence-electron chi connectivity index (χ3n) is 6.04. The zero-order valence-corrected chi connectivity index (χ0v) is 22.1. The van der Waals surface area contributed by atoms with Crippen molar-refractivity contribution in [3.05, 3.63) is 82.9 Å². The molecule has 194 valence electrons. The fourth-order valence-electron chi connectivity index (χ4n) is 4.13. The predicted molar refractivity (Wildman–Crippen MR) is 148 cm³/mol. The normalized spacial score (nSPS) is 12.0. The van der Waals surface area contributed by atoms with Crippen LogP contribution in [0, 0.1) is 5.82 Å². The summed E-state index contributed by atoms with van der Waals surface area (Å²) in [7, 11) is 0. The Morgan fingerprint density at radius 2 is 1.84 bits per heavy atom. The summed E-state index contributed by atoms with van der Waals surface area (Å²) in [5.41, 5.74) is 9.65. The monoisotopic (exact) mass is 562 g/mol. The summed E-state index contributed by atoms with van der Waals surface area (Å²) in [5, 5.41) is 7.44. The lowest BCUT2D eigenvalue weighted by Crippen LogP contribution is -2.27. The number of anilines is 3. The molecule has 0 fully saturated rings. The molecule has 7 nitrogen and oxygen atoms in total. The molecule has 1 amide bonds. The molecule has 0 aliphatic carbocycles. The van der Waals surface area contributed by atoms with Gasteiger partial charge >= 0.3 is 0 Å². The van der Waals surface area contributed by atoms with Crippen molar-refractivity contribution >= 4 is 63.5 Å². The van der Waals surface area contributed by atoms with Gasteiger partial charge in [-0.05, 0) is 54.8 Å². The Morgan fingerprint density at radius 3 is 2.49 bits per heavy atom. The van der Waals surface area contributed by atoms with Crippen molar-refractivity contribution in [1.82, 2.24) is 14.6 Å². The van der Waals surface area contributed by atoms with Gasteiger partial charge in [-0.3, -0.25) is 4.79 Å². The van der Waals surface area contributed by atoms with E-state index in [2.05, 4.69) is 20.3 Å². The van der Waals surface area contributed by atoms with Gasteiger partial charge in [0.1, 0.15) is 11.6 Å². The van der Waals surface area contributed by atoms with E-state index < -0.39 is 17.6 Å². The largest absolute Gasteiger partial charge is 0.369 e. The minimum absolute atomic E-state index is 0.00347. The zero-order valence-electron chi connectivity index (χ0n) is 19.9. The van der Waals surface area contributed by atoms with Crippen LogP contribution >= 0.6 is 34.8 Å². The third-order valence-corrected chi connectivity index (χ3v) is 6.67. The molecular weight excluding hydrogens is 538 g/mol. The van der Waals surface area contributed by atoms with Crippen LogP contribution in [0.4, 0.5) is 21.6 Å². The smallest absolute Gasteiger partial charge is 0.225 e. The number of benzene rings is 2. The summed E-state index contributed by atoms with van der Waals surface area (Å²) >= 11 is 17.7. The summed E-state index contributed by atoms with van der Waals surface area (Å²) in [5.74, 6) is -0.00975. The number of nitrogens with two attached hydrogens (primary N) is 1. The fourth-order valence-corrected chi connectivity index (χ4v) is 4.72. The van der Waals surface area contributed by atoms with Crippen LogP contribution in [-0.4, -0.2) is 45.4 Å². The number of rotatable bonds is 12. The van der Waals surface area contributed by atoms with Crippen LogP contribution in [0.2, 0.25) is 5.02 Å². The molecule has 0 bridgehead atoms. The summed E-state index contributed by atoms with van der Waals surface area (Å²) in [6.07, 6.45) is 4.48. The molecule has 4 aromatic rings. The van der Waals surface area contributed by atoms with Crippen molar-refractivity contribution in [3.8, 4) is 0 Å². The number of amides is 1. The predicted octanol–water partition coefficient (Wildman–Crippen LogP) is 5.75. The Morgan fingerprint density at radius 1 is 1.11 bits per heavy atom. The number of hydrogen-bond acceptors (Lipinski definition) is 5. The Hall–Kier alpha value is -3.07. The molecule has 0 aliphatic heterocycles. The lowest BCUT2D eigenvalue weighted by molar-refractivity contribution is -0.119. The van der Waals surface area contributed by atoms with E-state index in [9.17, 15) is 9.18 Å². The summed E-state index contributed by atoms with van der Waals surface area (Å²) in [6.45, 7) is 1.42. The molecule has 2 aromatic carbocycles. The third kappa shape index (κ3) is 6.63. The number of hydrogen-bond donors (Lipinski definition) is 2. The van der Waals surface area contributed by atoms with Crippen molar-refractivity contribution < 1.29 is 9.18 Å². The van der Waals surface area contributed by atoms with E-state index in [0.29, 0.717) is 60.4 Å². The zero-order chi connectivity index (χ0) is 26.4. The minimum Gasteiger partial charge on any atom is -0.369 e. The number of nitrogens with zero attached hydrogens (tertiary/aromatic N) is 4. The fraction of sp³-hybridized carbons (Fsp3) is 0.269. The second kappa shape index (κ2) is 12.4. The van der Waals surface area contributed by atoms with Crippen molar-refractivity contribution in [3.63, 3.8) is 0 Å². The number of primary amides is 1. The number of aryl methyl sites for hydroxylation is 1. The maximum absolute atomic E-state index is 13.5. The summed E-state index contributed by atoms with van der Waals surface area (Å²) in [6, 6.07) is 14.2. The van der Waals surface area contributed by atoms with Gasteiger partial charge in [-0.1, -0.05) is 23.7 Å². The van der Waals surface area contributed by atoms with Crippen LogP contribution in [-0.2, 0) is 11.2 Å². The second-order valence-electron chi connectivity index (χ2n) is 8.46. The van der Waals surface area contributed by atoms with Gasteiger partial charge in [-0.25, -0.2) is 13.9 Å². The number of aromatic nitrogens is 3. The van der Waals surface area contributed by atoms with Gasteiger partial charge in [0.05, 0.1) is 17.1 Å². The lowest BCUT2D eigenvalue weighted by Gasteiger charge is -2.23. The van der Waals surface area contributed by atoms with E-state index in [1.165, 1.54) is 12.1 Å². The number of fused-ring (bicyclic) bond motifs is 1. The van der Waals surface area contributed by atoms with E-state index in [4.69, 9.17) is 40.5 Å². The van der Waals surface area contributed by atoms with E-state index >= 15 is 0 Å². The van der Waals surface area contributed by atoms with Crippen molar-refractivity contribution in [2.24, 2.45) is 5.73 Å². The van der Waals surface area contributed by atoms with E-state index in [-0.39, 0.29) is 5.02 Å². The first kappa shape index (κ1) is 27.0. The SMILES string of the molecule is NC(=O)C(CCc1ccc(N(CCCl)CCCl)cc1)c1cnn2ccc(Nc3ccc(F)c(Cl)c3)nc12. The van der Waals surface area contributed by atoms with Gasteiger partial charge in [0.25, 0.3) is 0 Å². The number of carbonyl (C=O) groups is 1. The standard InChI is InChI=1S/C26H26Cl3FN6O/c27-10-13-35(14-11-28)19-5-1-17(2-6-19)3-7-20(25(31)37)21-16-32-36-12-9-24(34-26(21)36)33-18-4-8-23(30)22(29)15-18/h1-2,4-6,8-9,12,15-16,20H,3,7,10-11,13-14H2,(H2,31,37)(H,33,34). The van der Waals surface area contributed by atoms with Gasteiger partial charge in [-0.15, -0.1) is 23.2 Å². The average Bonchev–Trinajstić information content (AvgIpc) is 3.29. The van der Waals surface area contributed by atoms with E-state index in [1.807, 2.05) is 24.3 Å². The van der Waals surface area contributed by atoms with Gasteiger partial charge < -0.3 is 16.0 Å². The number of nitrogens with one attached hydrogen (secondary N) is 1. The Labute approximate surface area is 229 Å². The molecule has 0 spiro atoms. The van der Waals surface area contributed by atoms with Crippen LogP contribution in [0.5, 0.6) is 0 Å². The van der Waals surface area contributed by atoms with Crippen LogP contribution in [0.3, 0.4) is 0 Å². The molecule has 11 heteroatoms. The molecule has 2 heterocycles. The quantitative estimate of drug-likeness (QED) is 0.214. The van der Waals surface area contributed by atoms with Gasteiger partial charge in [0, 0.05) is 48.0 Å². The molecule has 0 saturated heterocycles. The first-order chi connectivity index (χ1) is 17.9. The molecule has 1 atom stereocenters. The molecule has 0 saturated carbocycles. The number of halogens is 4. The molecule has 1 unspecified atom stereocenters. The Bertz CT molecular complexity index is 1360. The van der Waals surface area contributed by atoms with Crippen LogP contribution in [0.15, 0.2) is 60.9 Å². The molecule has 2 aromatic heterocycles. The molecule has 4 rings (SSSR count). The van der Waals surface area contributed by atoms with E-state index in [0.717, 1.165) is 11.3 Å². The van der Waals surface area contributed by atoms with Gasteiger partial charge in [-0.2, -0.15) is 5.10 Å². The molecule has 37 heavy (non-hydrogen) atoms. The van der Waals surface area contributed by atoms with Crippen LogP contribution in [0.25, 0.3) is 5.65 Å². The topological polar surface area (TPSA) is 88.6 Å². The van der Waals surface area contributed by atoms with Crippen molar-refractivity contribution in [2.75, 3.05) is 35.1 Å². The number of carbonyl (C=O) groups excluding carboxylic acids is 1. The van der Waals surface area contributed by atoms with Crippen LogP contribution in [0.1, 0.15) is 23.5 Å². The van der Waals surface area contributed by atoms with Gasteiger partial charge in [0.15, 0.2) is 5.65 Å². The Kier molecular flexibility index (Phi) is 9.08. The summed E-state index contributed by atoms with van der Waals surface area (Å²) in [4.78, 5) is 19.2. The van der Waals surface area contributed by atoms with Crippen molar-refractivity contribution in [1.29, 1.82) is 0 Å². The first-order valence-corrected chi connectivity index (χ1v) is 13.2. The average molecular weight is 564 g/mol. The highest BCUT2D eigenvalue weighted by molar-refractivity contribution is 6.31.